The van der Waals surface area contributed by atoms with Gasteiger partial charge >= 0.3 is 5.97 Å². The van der Waals surface area contributed by atoms with Gasteiger partial charge in [-0.3, -0.25) is 0 Å². The minimum atomic E-state index is -1.83. The van der Waals surface area contributed by atoms with Gasteiger partial charge in [-0.1, -0.05) is 23.2 Å². The number of carbonyl (C=O) groups is 1. The van der Waals surface area contributed by atoms with Crippen LogP contribution in [0.15, 0.2) is 18.2 Å². The molecule has 0 radical (unpaired) electrons. The third kappa shape index (κ3) is 3.27. The van der Waals surface area contributed by atoms with E-state index in [0.29, 0.717) is 15.7 Å². The molecule has 0 fully saturated rings. The Bertz CT molecular complexity index is 407. The first-order valence-electron chi connectivity index (χ1n) is 4.47. The number of carboxylic acids is 1. The Morgan fingerprint density at radius 3 is 2.56 bits per heavy atom. The van der Waals surface area contributed by atoms with Crippen molar-refractivity contribution in [1.29, 1.82) is 0 Å². The zero-order valence-electron chi connectivity index (χ0n) is 8.50. The zero-order chi connectivity index (χ0) is 12.3. The molecule has 0 saturated carbocycles. The number of aliphatic hydroxyl groups is 1. The summed E-state index contributed by atoms with van der Waals surface area (Å²) in [6.45, 7) is 1.08. The van der Waals surface area contributed by atoms with Crippen molar-refractivity contribution >= 4 is 34.9 Å². The second-order valence-electron chi connectivity index (χ2n) is 3.56. The van der Waals surface area contributed by atoms with Crippen LogP contribution >= 0.6 is 23.2 Å². The van der Waals surface area contributed by atoms with Crippen LogP contribution in [-0.2, 0) is 4.79 Å². The van der Waals surface area contributed by atoms with E-state index < -0.39 is 11.6 Å². The van der Waals surface area contributed by atoms with E-state index in [4.69, 9.17) is 28.3 Å². The average Bonchev–Trinajstić information content (AvgIpc) is 2.20. The van der Waals surface area contributed by atoms with Gasteiger partial charge in [-0.2, -0.15) is 0 Å². The second-order valence-corrected chi connectivity index (χ2v) is 4.38. The molecule has 0 saturated heterocycles. The van der Waals surface area contributed by atoms with Gasteiger partial charge in [0, 0.05) is 5.69 Å². The summed E-state index contributed by atoms with van der Waals surface area (Å²) in [4.78, 5) is 10.6. The van der Waals surface area contributed by atoms with Crippen LogP contribution in [-0.4, -0.2) is 28.3 Å². The standard InChI is InChI=1S/C10H11Cl2NO3/c1-10(16,9(14)15)5-13-6-2-3-7(11)8(12)4-6/h2-4,13,16H,5H2,1H3,(H,14,15). The van der Waals surface area contributed by atoms with Crippen LogP contribution in [0.1, 0.15) is 6.92 Å². The van der Waals surface area contributed by atoms with Crippen molar-refractivity contribution in [1.82, 2.24) is 0 Å². The van der Waals surface area contributed by atoms with E-state index in [0.717, 1.165) is 0 Å². The van der Waals surface area contributed by atoms with E-state index >= 15 is 0 Å². The van der Waals surface area contributed by atoms with Gasteiger partial charge in [0.25, 0.3) is 0 Å². The van der Waals surface area contributed by atoms with Crippen LogP contribution in [0.5, 0.6) is 0 Å². The fourth-order valence-corrected chi connectivity index (χ4v) is 1.25. The molecule has 1 unspecified atom stereocenters. The summed E-state index contributed by atoms with van der Waals surface area (Å²) in [7, 11) is 0. The maximum Gasteiger partial charge on any atom is 0.337 e. The molecule has 1 aromatic rings. The summed E-state index contributed by atoms with van der Waals surface area (Å²) in [6.07, 6.45) is 0. The molecule has 88 valence electrons. The lowest BCUT2D eigenvalue weighted by molar-refractivity contribution is -0.155. The van der Waals surface area contributed by atoms with Crippen molar-refractivity contribution < 1.29 is 15.0 Å². The van der Waals surface area contributed by atoms with E-state index in [-0.39, 0.29) is 6.54 Å². The van der Waals surface area contributed by atoms with E-state index in [1.807, 2.05) is 0 Å². The number of aliphatic carboxylic acids is 1. The highest BCUT2D eigenvalue weighted by Crippen LogP contribution is 2.25. The van der Waals surface area contributed by atoms with E-state index in [1.165, 1.54) is 6.92 Å². The Balaban J connectivity index is 2.68. The molecule has 0 amide bonds. The largest absolute Gasteiger partial charge is 0.479 e. The van der Waals surface area contributed by atoms with Crippen LogP contribution in [0.25, 0.3) is 0 Å². The molecule has 16 heavy (non-hydrogen) atoms. The minimum Gasteiger partial charge on any atom is -0.479 e. The SMILES string of the molecule is CC(O)(CNc1ccc(Cl)c(Cl)c1)C(=O)O. The highest BCUT2D eigenvalue weighted by Gasteiger charge is 2.29. The molecule has 0 aromatic heterocycles. The van der Waals surface area contributed by atoms with Crippen molar-refractivity contribution in [3.63, 3.8) is 0 Å². The average molecular weight is 264 g/mol. The predicted molar refractivity (Wildman–Crippen MR) is 63.2 cm³/mol. The number of hydrogen-bond acceptors (Lipinski definition) is 3. The number of anilines is 1. The molecule has 0 aliphatic carbocycles. The second kappa shape index (κ2) is 4.91. The topological polar surface area (TPSA) is 69.6 Å². The Hall–Kier alpha value is -0.970. The Morgan fingerprint density at radius 2 is 2.06 bits per heavy atom. The van der Waals surface area contributed by atoms with Crippen LogP contribution in [0, 0.1) is 0 Å². The molecule has 4 nitrogen and oxygen atoms in total. The number of rotatable bonds is 4. The van der Waals surface area contributed by atoms with Gasteiger partial charge in [-0.05, 0) is 25.1 Å². The highest BCUT2D eigenvalue weighted by molar-refractivity contribution is 6.42. The number of carboxylic acid groups (broad SMARTS) is 1. The summed E-state index contributed by atoms with van der Waals surface area (Å²) in [5.74, 6) is -1.29. The van der Waals surface area contributed by atoms with E-state index in [9.17, 15) is 9.90 Å². The quantitative estimate of drug-likeness (QED) is 0.780. The van der Waals surface area contributed by atoms with Crippen molar-refractivity contribution in [2.45, 2.75) is 12.5 Å². The third-order valence-corrected chi connectivity index (χ3v) is 2.76. The lowest BCUT2D eigenvalue weighted by atomic mass is 10.1. The van der Waals surface area contributed by atoms with Crippen LogP contribution < -0.4 is 5.32 Å². The third-order valence-electron chi connectivity index (χ3n) is 2.02. The van der Waals surface area contributed by atoms with Crippen LogP contribution in [0.2, 0.25) is 10.0 Å². The molecule has 0 heterocycles. The van der Waals surface area contributed by atoms with Crippen LogP contribution in [0.3, 0.4) is 0 Å². The van der Waals surface area contributed by atoms with Gasteiger partial charge in [-0.25, -0.2) is 4.79 Å². The molecule has 0 bridgehead atoms. The molecular weight excluding hydrogens is 253 g/mol. The minimum absolute atomic E-state index is 0.125. The van der Waals surface area contributed by atoms with Gasteiger partial charge < -0.3 is 15.5 Å². The summed E-state index contributed by atoms with van der Waals surface area (Å²) in [5.41, 5.74) is -1.23. The predicted octanol–water partition coefficient (Wildman–Crippen LogP) is 2.24. The van der Waals surface area contributed by atoms with Crippen molar-refractivity contribution in [3.8, 4) is 0 Å². The van der Waals surface area contributed by atoms with Gasteiger partial charge in [0.1, 0.15) is 0 Å². The molecular formula is C10H11Cl2NO3. The Kier molecular flexibility index (Phi) is 4.02. The number of halogens is 2. The van der Waals surface area contributed by atoms with Crippen molar-refractivity contribution in [2.24, 2.45) is 0 Å². The zero-order valence-corrected chi connectivity index (χ0v) is 10.0. The Labute approximate surface area is 103 Å². The van der Waals surface area contributed by atoms with Gasteiger partial charge in [0.2, 0.25) is 0 Å². The number of benzene rings is 1. The molecule has 3 N–H and O–H groups in total. The molecule has 0 spiro atoms. The van der Waals surface area contributed by atoms with E-state index in [1.54, 1.807) is 18.2 Å². The summed E-state index contributed by atoms with van der Waals surface area (Å²) in [6, 6.07) is 4.79. The highest BCUT2D eigenvalue weighted by atomic mass is 35.5. The first-order chi connectivity index (χ1) is 7.33. The normalized spacial score (nSPS) is 14.2. The maximum absolute atomic E-state index is 10.6. The summed E-state index contributed by atoms with van der Waals surface area (Å²) < 4.78 is 0. The van der Waals surface area contributed by atoms with E-state index in [2.05, 4.69) is 5.32 Å². The van der Waals surface area contributed by atoms with Crippen LogP contribution in [0.4, 0.5) is 5.69 Å². The Morgan fingerprint density at radius 1 is 1.44 bits per heavy atom. The maximum atomic E-state index is 10.6. The number of hydrogen-bond donors (Lipinski definition) is 3. The molecule has 1 atom stereocenters. The van der Waals surface area contributed by atoms with Gasteiger partial charge in [0.05, 0.1) is 16.6 Å². The van der Waals surface area contributed by atoms with Crippen molar-refractivity contribution in [3.05, 3.63) is 28.2 Å². The fraction of sp³-hybridized carbons (Fsp3) is 0.300. The van der Waals surface area contributed by atoms with Gasteiger partial charge in [0.15, 0.2) is 5.60 Å². The van der Waals surface area contributed by atoms with Gasteiger partial charge in [-0.15, -0.1) is 0 Å². The summed E-state index contributed by atoms with van der Waals surface area (Å²) >= 11 is 11.5. The molecule has 6 heteroatoms. The fourth-order valence-electron chi connectivity index (χ4n) is 0.956. The molecule has 0 aliphatic heterocycles. The lowest BCUT2D eigenvalue weighted by Gasteiger charge is -2.19. The first kappa shape index (κ1) is 13.1. The first-order valence-corrected chi connectivity index (χ1v) is 5.23. The lowest BCUT2D eigenvalue weighted by Crippen LogP contribution is -2.41. The monoisotopic (exact) mass is 263 g/mol. The smallest absolute Gasteiger partial charge is 0.337 e. The molecule has 0 aliphatic rings. The van der Waals surface area contributed by atoms with Crippen molar-refractivity contribution in [2.75, 3.05) is 11.9 Å². The molecule has 1 rings (SSSR count). The molecule has 1 aromatic carbocycles. The number of nitrogens with one attached hydrogen (secondary N) is 1. The summed E-state index contributed by atoms with van der Waals surface area (Å²) in [5, 5.41) is 21.7.